The van der Waals surface area contributed by atoms with Crippen LogP contribution in [0.2, 0.25) is 5.02 Å². The van der Waals surface area contributed by atoms with Crippen molar-refractivity contribution in [1.82, 2.24) is 14.7 Å². The number of hydrogen-bond donors (Lipinski definition) is 2. The van der Waals surface area contributed by atoms with E-state index in [0.717, 1.165) is 23.4 Å². The number of carbonyl (C=O) groups is 2. The number of hydrogen-bond acceptors (Lipinski definition) is 3. The maximum Gasteiger partial charge on any atom is 0.322 e. The summed E-state index contributed by atoms with van der Waals surface area (Å²) in [5.74, 6) is 0.272. The minimum absolute atomic E-state index is 0.0862. The second-order valence-corrected chi connectivity index (χ2v) is 9.71. The fourth-order valence-electron chi connectivity index (χ4n) is 3.44. The Kier molecular flexibility index (Phi) is 7.99. The smallest absolute Gasteiger partial charge is 0.315 e. The molecule has 180 valence electrons. The highest BCUT2D eigenvalue weighted by Crippen LogP contribution is 2.27. The summed E-state index contributed by atoms with van der Waals surface area (Å²) in [6, 6.07) is 16.3. The van der Waals surface area contributed by atoms with Crippen LogP contribution in [-0.4, -0.2) is 39.7 Å². The minimum Gasteiger partial charge on any atom is -0.315 e. The van der Waals surface area contributed by atoms with Gasteiger partial charge in [-0.05, 0) is 49.2 Å². The molecule has 0 fully saturated rings. The minimum atomic E-state index is -0.345. The lowest BCUT2D eigenvalue weighted by Gasteiger charge is -2.22. The molecule has 0 saturated carbocycles. The topological polar surface area (TPSA) is 79.3 Å². The molecule has 1 heterocycles. The van der Waals surface area contributed by atoms with Gasteiger partial charge in [0.05, 0.1) is 11.4 Å². The molecule has 7 nitrogen and oxygen atoms in total. The highest BCUT2D eigenvalue weighted by Gasteiger charge is 2.23. The molecule has 0 atom stereocenters. The average molecular weight is 482 g/mol. The van der Waals surface area contributed by atoms with Gasteiger partial charge in [0, 0.05) is 28.7 Å². The van der Waals surface area contributed by atoms with Gasteiger partial charge in [-0.2, -0.15) is 5.10 Å². The van der Waals surface area contributed by atoms with Gasteiger partial charge in [-0.3, -0.25) is 4.79 Å². The van der Waals surface area contributed by atoms with E-state index < -0.39 is 0 Å². The predicted molar refractivity (Wildman–Crippen MR) is 138 cm³/mol. The fraction of sp³-hybridized carbons (Fsp3) is 0.346. The molecule has 0 aliphatic rings. The maximum atomic E-state index is 13.0. The molecule has 0 unspecified atom stereocenters. The van der Waals surface area contributed by atoms with Gasteiger partial charge in [0.25, 0.3) is 0 Å². The summed E-state index contributed by atoms with van der Waals surface area (Å²) >= 11 is 5.92. The van der Waals surface area contributed by atoms with Crippen molar-refractivity contribution < 1.29 is 9.59 Å². The molecule has 0 saturated heterocycles. The van der Waals surface area contributed by atoms with Crippen molar-refractivity contribution in [3.63, 3.8) is 0 Å². The molecule has 0 spiro atoms. The maximum absolute atomic E-state index is 13.0. The number of halogens is 1. The number of nitrogens with zero attached hydrogens (tertiary/aromatic N) is 3. The van der Waals surface area contributed by atoms with Crippen molar-refractivity contribution in [2.45, 2.75) is 46.5 Å². The lowest BCUT2D eigenvalue weighted by atomic mass is 9.92. The summed E-state index contributed by atoms with van der Waals surface area (Å²) in [5.41, 5.74) is 3.20. The average Bonchev–Trinajstić information content (AvgIpc) is 3.19. The number of rotatable bonds is 7. The van der Waals surface area contributed by atoms with Crippen molar-refractivity contribution >= 4 is 35.0 Å². The Morgan fingerprint density at radius 3 is 2.35 bits per heavy atom. The van der Waals surface area contributed by atoms with E-state index in [4.69, 9.17) is 16.7 Å². The second-order valence-electron chi connectivity index (χ2n) is 9.27. The highest BCUT2D eigenvalue weighted by atomic mass is 35.5. The summed E-state index contributed by atoms with van der Waals surface area (Å²) in [6.45, 7) is 10.6. The summed E-state index contributed by atoms with van der Waals surface area (Å²) in [4.78, 5) is 27.4. The van der Waals surface area contributed by atoms with E-state index in [1.165, 1.54) is 4.90 Å². The molecule has 0 radical (unpaired) electrons. The number of anilines is 2. The Labute approximate surface area is 206 Å². The third-order valence-corrected chi connectivity index (χ3v) is 5.55. The molecule has 34 heavy (non-hydrogen) atoms. The molecule has 0 aliphatic heterocycles. The standard InChI is InChI=1S/C26H32ClN5O2/c1-6-15-31(25(34)28-20-13-11-19(27)12-14-20)17-24(33)29-23-16-22(26(3,4)5)30-32(23)21-10-8-7-9-18(21)2/h7-14,16H,6,15,17H2,1-5H3,(H,28,34)(H,29,33). The van der Waals surface area contributed by atoms with E-state index in [-0.39, 0.29) is 23.9 Å². The Bertz CT molecular complexity index is 1150. The van der Waals surface area contributed by atoms with Crippen molar-refractivity contribution in [3.8, 4) is 5.69 Å². The first-order valence-corrected chi connectivity index (χ1v) is 11.7. The number of amides is 3. The SMILES string of the molecule is CCCN(CC(=O)Nc1cc(C(C)(C)C)nn1-c1ccccc1C)C(=O)Nc1ccc(Cl)cc1. The number of para-hydroxylation sites is 1. The Balaban J connectivity index is 1.80. The van der Waals surface area contributed by atoms with Crippen LogP contribution in [0.5, 0.6) is 0 Å². The number of benzene rings is 2. The van der Waals surface area contributed by atoms with Crippen LogP contribution >= 0.6 is 11.6 Å². The normalized spacial score (nSPS) is 11.2. The van der Waals surface area contributed by atoms with Gasteiger partial charge in [-0.1, -0.05) is 57.5 Å². The van der Waals surface area contributed by atoms with Crippen LogP contribution in [0.1, 0.15) is 45.4 Å². The Morgan fingerprint density at radius 1 is 1.06 bits per heavy atom. The summed E-state index contributed by atoms with van der Waals surface area (Å²) in [7, 11) is 0. The predicted octanol–water partition coefficient (Wildman–Crippen LogP) is 6.01. The van der Waals surface area contributed by atoms with Gasteiger partial charge in [-0.15, -0.1) is 0 Å². The quantitative estimate of drug-likeness (QED) is 0.433. The highest BCUT2D eigenvalue weighted by molar-refractivity contribution is 6.30. The second kappa shape index (κ2) is 10.7. The summed E-state index contributed by atoms with van der Waals surface area (Å²) in [5, 5.41) is 11.2. The van der Waals surface area contributed by atoms with E-state index in [1.807, 2.05) is 44.2 Å². The van der Waals surface area contributed by atoms with E-state index >= 15 is 0 Å². The molecule has 2 aromatic carbocycles. The number of carbonyl (C=O) groups excluding carboxylic acids is 2. The molecule has 8 heteroatoms. The molecule has 3 rings (SSSR count). The zero-order valence-electron chi connectivity index (χ0n) is 20.4. The van der Waals surface area contributed by atoms with Gasteiger partial charge in [0.2, 0.25) is 5.91 Å². The monoisotopic (exact) mass is 481 g/mol. The lowest BCUT2D eigenvalue weighted by Crippen LogP contribution is -2.41. The van der Waals surface area contributed by atoms with Crippen LogP contribution < -0.4 is 10.6 Å². The first kappa shape index (κ1) is 25.3. The van der Waals surface area contributed by atoms with Crippen LogP contribution in [0.25, 0.3) is 5.69 Å². The Hall–Kier alpha value is -3.32. The molecule has 2 N–H and O–H groups in total. The van der Waals surface area contributed by atoms with Crippen LogP contribution in [0, 0.1) is 6.92 Å². The van der Waals surface area contributed by atoms with Crippen molar-refractivity contribution in [2.24, 2.45) is 0 Å². The zero-order chi connectivity index (χ0) is 24.9. The van der Waals surface area contributed by atoms with Crippen LogP contribution in [-0.2, 0) is 10.2 Å². The molecular weight excluding hydrogens is 450 g/mol. The van der Waals surface area contributed by atoms with E-state index in [1.54, 1.807) is 28.9 Å². The zero-order valence-corrected chi connectivity index (χ0v) is 21.1. The van der Waals surface area contributed by atoms with Crippen LogP contribution in [0.15, 0.2) is 54.6 Å². The summed E-state index contributed by atoms with van der Waals surface area (Å²) < 4.78 is 1.76. The molecule has 0 bridgehead atoms. The van der Waals surface area contributed by atoms with Gasteiger partial charge in [-0.25, -0.2) is 9.48 Å². The molecule has 1 aromatic heterocycles. The first-order chi connectivity index (χ1) is 16.1. The fourth-order valence-corrected chi connectivity index (χ4v) is 3.56. The van der Waals surface area contributed by atoms with Crippen LogP contribution in [0.3, 0.4) is 0 Å². The van der Waals surface area contributed by atoms with Gasteiger partial charge < -0.3 is 15.5 Å². The number of urea groups is 1. The van der Waals surface area contributed by atoms with E-state index in [0.29, 0.717) is 23.1 Å². The van der Waals surface area contributed by atoms with Gasteiger partial charge in [0.15, 0.2) is 0 Å². The molecular formula is C26H32ClN5O2. The molecule has 0 aliphatic carbocycles. The number of aromatic nitrogens is 2. The molecule has 3 aromatic rings. The Morgan fingerprint density at radius 2 is 1.74 bits per heavy atom. The van der Waals surface area contributed by atoms with Crippen LogP contribution in [0.4, 0.5) is 16.3 Å². The molecule has 3 amide bonds. The third-order valence-electron chi connectivity index (χ3n) is 5.30. The third kappa shape index (κ3) is 6.38. The van der Waals surface area contributed by atoms with E-state index in [2.05, 4.69) is 31.4 Å². The lowest BCUT2D eigenvalue weighted by molar-refractivity contribution is -0.116. The van der Waals surface area contributed by atoms with Gasteiger partial charge in [0.1, 0.15) is 12.4 Å². The van der Waals surface area contributed by atoms with Crippen molar-refractivity contribution in [3.05, 3.63) is 70.9 Å². The largest absolute Gasteiger partial charge is 0.322 e. The number of aryl methyl sites for hydroxylation is 1. The van der Waals surface area contributed by atoms with Crippen molar-refractivity contribution in [1.29, 1.82) is 0 Å². The first-order valence-electron chi connectivity index (χ1n) is 11.4. The van der Waals surface area contributed by atoms with E-state index in [9.17, 15) is 9.59 Å². The number of nitrogens with one attached hydrogen (secondary N) is 2. The summed E-state index contributed by atoms with van der Waals surface area (Å²) in [6.07, 6.45) is 0.719. The van der Waals surface area contributed by atoms with Crippen molar-refractivity contribution in [2.75, 3.05) is 23.7 Å². The van der Waals surface area contributed by atoms with Gasteiger partial charge >= 0.3 is 6.03 Å².